The summed E-state index contributed by atoms with van der Waals surface area (Å²) in [6, 6.07) is 19.5. The highest BCUT2D eigenvalue weighted by molar-refractivity contribution is 6.30. The molecule has 5 rings (SSSR count). The van der Waals surface area contributed by atoms with Gasteiger partial charge in [-0.2, -0.15) is 0 Å². The number of aromatic nitrogens is 3. The maximum atomic E-state index is 13.7. The van der Waals surface area contributed by atoms with Gasteiger partial charge < -0.3 is 10.1 Å². The van der Waals surface area contributed by atoms with E-state index in [1.165, 1.54) is 40.0 Å². The monoisotopic (exact) mass is 533 g/mol. The molecule has 0 bridgehead atoms. The standard InChI is InChI=1S/C28H25ClFN5O3/c29-21-3-1-19(2-4-21)15-20-16-26(31-17-20)28(37)35(27(36)18-34-14-13-32-33-34)23-7-11-25(12-8-23)38-24-9-5-22(30)6-10-24/h1-14,20,26,31H,15-18H2/t20-,26+/m1/s1. The van der Waals surface area contributed by atoms with Gasteiger partial charge in [0.1, 0.15) is 23.9 Å². The zero-order valence-corrected chi connectivity index (χ0v) is 21.1. The van der Waals surface area contributed by atoms with E-state index >= 15 is 0 Å². The molecule has 0 radical (unpaired) electrons. The Bertz CT molecular complexity index is 1380. The molecule has 3 aromatic carbocycles. The summed E-state index contributed by atoms with van der Waals surface area (Å²) in [7, 11) is 0. The van der Waals surface area contributed by atoms with Crippen molar-refractivity contribution in [3.8, 4) is 11.5 Å². The summed E-state index contributed by atoms with van der Waals surface area (Å²) in [5, 5.41) is 11.6. The van der Waals surface area contributed by atoms with Crippen molar-refractivity contribution in [3.05, 3.63) is 102 Å². The largest absolute Gasteiger partial charge is 0.457 e. The molecule has 2 amide bonds. The van der Waals surface area contributed by atoms with Crippen LogP contribution in [0.4, 0.5) is 10.1 Å². The fraction of sp³-hybridized carbons (Fsp3) is 0.214. The van der Waals surface area contributed by atoms with Gasteiger partial charge in [-0.05, 0) is 91.5 Å². The van der Waals surface area contributed by atoms with Gasteiger partial charge in [0, 0.05) is 11.2 Å². The van der Waals surface area contributed by atoms with Crippen LogP contribution in [0.3, 0.4) is 0 Å². The number of nitrogens with one attached hydrogen (secondary N) is 1. The minimum Gasteiger partial charge on any atom is -0.457 e. The number of benzene rings is 3. The number of anilines is 1. The Morgan fingerprint density at radius 1 is 1.03 bits per heavy atom. The van der Waals surface area contributed by atoms with Crippen molar-refractivity contribution in [2.24, 2.45) is 5.92 Å². The Morgan fingerprint density at radius 2 is 1.71 bits per heavy atom. The van der Waals surface area contributed by atoms with Gasteiger partial charge in [-0.1, -0.05) is 28.9 Å². The third-order valence-electron chi connectivity index (χ3n) is 6.34. The maximum absolute atomic E-state index is 13.7. The zero-order chi connectivity index (χ0) is 26.5. The Hall–Kier alpha value is -4.08. The molecule has 1 aliphatic heterocycles. The van der Waals surface area contributed by atoms with Crippen LogP contribution < -0.4 is 15.0 Å². The highest BCUT2D eigenvalue weighted by atomic mass is 35.5. The quantitative estimate of drug-likeness (QED) is 0.355. The molecule has 1 aliphatic rings. The van der Waals surface area contributed by atoms with Gasteiger partial charge in [0.25, 0.3) is 11.8 Å². The number of ether oxygens (including phenoxy) is 1. The summed E-state index contributed by atoms with van der Waals surface area (Å²) in [5.74, 6) is 0.0684. The van der Waals surface area contributed by atoms with Crippen LogP contribution in [0.25, 0.3) is 0 Å². The second-order valence-corrected chi connectivity index (χ2v) is 9.55. The van der Waals surface area contributed by atoms with E-state index in [1.807, 2.05) is 24.3 Å². The van der Waals surface area contributed by atoms with Crippen LogP contribution in [0.5, 0.6) is 11.5 Å². The van der Waals surface area contributed by atoms with Gasteiger partial charge in [0.15, 0.2) is 0 Å². The minimum absolute atomic E-state index is 0.138. The number of imide groups is 1. The summed E-state index contributed by atoms with van der Waals surface area (Å²) in [6.45, 7) is 0.523. The minimum atomic E-state index is -0.512. The van der Waals surface area contributed by atoms with Crippen molar-refractivity contribution in [2.45, 2.75) is 25.4 Å². The molecule has 1 fully saturated rings. The number of hydrogen-bond acceptors (Lipinski definition) is 6. The summed E-state index contributed by atoms with van der Waals surface area (Å²) in [4.78, 5) is 28.2. The second-order valence-electron chi connectivity index (χ2n) is 9.11. The van der Waals surface area contributed by atoms with Crippen LogP contribution in [-0.2, 0) is 22.6 Å². The summed E-state index contributed by atoms with van der Waals surface area (Å²) >= 11 is 6.00. The van der Waals surface area contributed by atoms with Crippen LogP contribution in [0.1, 0.15) is 12.0 Å². The molecule has 194 valence electrons. The van der Waals surface area contributed by atoms with Crippen molar-refractivity contribution in [3.63, 3.8) is 0 Å². The highest BCUT2D eigenvalue weighted by Gasteiger charge is 2.35. The number of halogens is 2. The molecule has 0 unspecified atom stereocenters. The zero-order valence-electron chi connectivity index (χ0n) is 20.3. The molecule has 1 aromatic heterocycles. The summed E-state index contributed by atoms with van der Waals surface area (Å²) in [5.41, 5.74) is 1.56. The predicted octanol–water partition coefficient (Wildman–Crippen LogP) is 4.64. The molecule has 0 aliphatic carbocycles. The van der Waals surface area contributed by atoms with E-state index in [9.17, 15) is 14.0 Å². The highest BCUT2D eigenvalue weighted by Crippen LogP contribution is 2.27. The number of amides is 2. The van der Waals surface area contributed by atoms with Crippen LogP contribution in [0.2, 0.25) is 5.02 Å². The Balaban J connectivity index is 1.32. The third kappa shape index (κ3) is 6.24. The topological polar surface area (TPSA) is 89.4 Å². The van der Waals surface area contributed by atoms with Crippen LogP contribution in [0, 0.1) is 11.7 Å². The first-order chi connectivity index (χ1) is 18.4. The van der Waals surface area contributed by atoms with Crippen LogP contribution >= 0.6 is 11.6 Å². The lowest BCUT2D eigenvalue weighted by molar-refractivity contribution is -0.128. The normalized spacial score (nSPS) is 16.8. The second kappa shape index (κ2) is 11.5. The van der Waals surface area contributed by atoms with E-state index in [0.717, 1.165) is 12.0 Å². The fourth-order valence-electron chi connectivity index (χ4n) is 4.48. The molecule has 10 heteroatoms. The van der Waals surface area contributed by atoms with E-state index in [4.69, 9.17) is 16.3 Å². The molecule has 0 spiro atoms. The summed E-state index contributed by atoms with van der Waals surface area (Å²) in [6.07, 6.45) is 4.44. The predicted molar refractivity (Wildman–Crippen MR) is 140 cm³/mol. The number of rotatable bonds is 8. The lowest BCUT2D eigenvalue weighted by Gasteiger charge is -2.24. The molecular weight excluding hydrogens is 509 g/mol. The van der Waals surface area contributed by atoms with Gasteiger partial charge in [0.05, 0.1) is 17.9 Å². The average molecular weight is 534 g/mol. The lowest BCUT2D eigenvalue weighted by Crippen LogP contribution is -2.48. The first-order valence-electron chi connectivity index (χ1n) is 12.2. The first kappa shape index (κ1) is 25.6. The maximum Gasteiger partial charge on any atom is 0.255 e. The van der Waals surface area contributed by atoms with Gasteiger partial charge in [-0.3, -0.25) is 9.59 Å². The van der Waals surface area contributed by atoms with Gasteiger partial charge >= 0.3 is 0 Å². The van der Waals surface area contributed by atoms with E-state index < -0.39 is 11.9 Å². The van der Waals surface area contributed by atoms with Crippen LogP contribution in [-0.4, -0.2) is 39.4 Å². The first-order valence-corrected chi connectivity index (χ1v) is 12.5. The number of carbonyl (C=O) groups excluding carboxylic acids is 2. The molecule has 2 atom stereocenters. The van der Waals surface area contributed by atoms with Gasteiger partial charge in [-0.15, -0.1) is 5.10 Å². The van der Waals surface area contributed by atoms with Crippen molar-refractivity contribution in [1.82, 2.24) is 20.3 Å². The smallest absolute Gasteiger partial charge is 0.255 e. The third-order valence-corrected chi connectivity index (χ3v) is 6.59. The fourth-order valence-corrected chi connectivity index (χ4v) is 4.61. The summed E-state index contributed by atoms with van der Waals surface area (Å²) < 4.78 is 20.3. The molecule has 8 nitrogen and oxygen atoms in total. The van der Waals surface area contributed by atoms with E-state index in [-0.39, 0.29) is 24.2 Å². The molecule has 4 aromatic rings. The van der Waals surface area contributed by atoms with Gasteiger partial charge in [0.2, 0.25) is 0 Å². The van der Waals surface area contributed by atoms with E-state index in [1.54, 1.807) is 30.5 Å². The molecule has 2 heterocycles. The van der Waals surface area contributed by atoms with Crippen molar-refractivity contribution < 1.29 is 18.7 Å². The number of carbonyl (C=O) groups is 2. The van der Waals surface area contributed by atoms with Crippen molar-refractivity contribution >= 4 is 29.1 Å². The molecule has 1 N–H and O–H groups in total. The SMILES string of the molecule is O=C(Cn1ccnn1)N(C(=O)[C@@H]1C[C@@H](Cc2ccc(Cl)cc2)CN1)c1ccc(Oc2ccc(F)cc2)cc1. The van der Waals surface area contributed by atoms with Gasteiger partial charge in [-0.25, -0.2) is 14.0 Å². The Kier molecular flexibility index (Phi) is 7.76. The van der Waals surface area contributed by atoms with Crippen LogP contribution in [0.15, 0.2) is 85.2 Å². The number of nitrogens with zero attached hydrogens (tertiary/aromatic N) is 4. The molecule has 0 saturated carbocycles. The molecule has 1 saturated heterocycles. The Labute approximate surface area is 224 Å². The lowest BCUT2D eigenvalue weighted by atomic mass is 9.96. The molecular formula is C28H25ClFN5O3. The van der Waals surface area contributed by atoms with E-state index in [0.29, 0.717) is 35.2 Å². The van der Waals surface area contributed by atoms with E-state index in [2.05, 4.69) is 15.6 Å². The average Bonchev–Trinajstić information content (AvgIpc) is 3.60. The van der Waals surface area contributed by atoms with Crippen molar-refractivity contribution in [2.75, 3.05) is 11.4 Å². The number of hydrogen-bond donors (Lipinski definition) is 1. The molecule has 38 heavy (non-hydrogen) atoms. The van der Waals surface area contributed by atoms with Crippen molar-refractivity contribution in [1.29, 1.82) is 0 Å². The Morgan fingerprint density at radius 3 is 2.37 bits per heavy atom.